The summed E-state index contributed by atoms with van der Waals surface area (Å²) in [6.07, 6.45) is 2.56. The van der Waals surface area contributed by atoms with Crippen LogP contribution in [0, 0.1) is 5.82 Å². The van der Waals surface area contributed by atoms with E-state index in [1.807, 2.05) is 12.1 Å². The third-order valence-corrected chi connectivity index (χ3v) is 4.71. The van der Waals surface area contributed by atoms with Crippen LogP contribution in [0.2, 0.25) is 0 Å². The molecule has 0 radical (unpaired) electrons. The molecule has 1 rings (SSSR count). The molecule has 0 aliphatic rings. The minimum absolute atomic E-state index is 0.0498. The average molecular weight is 280 g/mol. The van der Waals surface area contributed by atoms with Crippen LogP contribution in [0.15, 0.2) is 24.3 Å². The van der Waals surface area contributed by atoms with Crippen LogP contribution in [0.4, 0.5) is 4.39 Å². The molecular formula is C17H29FN2. The maximum absolute atomic E-state index is 13.8. The van der Waals surface area contributed by atoms with Crippen molar-refractivity contribution in [1.29, 1.82) is 0 Å². The van der Waals surface area contributed by atoms with E-state index in [2.05, 4.69) is 32.6 Å². The minimum Gasteiger partial charge on any atom is -0.326 e. The molecule has 0 bridgehead atoms. The molecule has 20 heavy (non-hydrogen) atoms. The normalized spacial score (nSPS) is 13.8. The van der Waals surface area contributed by atoms with Gasteiger partial charge in [0.05, 0.1) is 0 Å². The Morgan fingerprint density at radius 2 is 1.65 bits per heavy atom. The second kappa shape index (κ2) is 7.75. The maximum Gasteiger partial charge on any atom is 0.126 e. The Kier molecular flexibility index (Phi) is 6.63. The molecular weight excluding hydrogens is 251 g/mol. The Morgan fingerprint density at radius 1 is 1.10 bits per heavy atom. The summed E-state index contributed by atoms with van der Waals surface area (Å²) < 4.78 is 13.8. The highest BCUT2D eigenvalue weighted by Crippen LogP contribution is 2.29. The first kappa shape index (κ1) is 17.1. The van der Waals surface area contributed by atoms with Crippen LogP contribution in [-0.4, -0.2) is 29.6 Å². The molecule has 3 heteroatoms. The van der Waals surface area contributed by atoms with E-state index in [4.69, 9.17) is 5.73 Å². The molecule has 0 saturated heterocycles. The lowest BCUT2D eigenvalue weighted by molar-refractivity contribution is 0.0626. The van der Waals surface area contributed by atoms with Crippen molar-refractivity contribution in [3.63, 3.8) is 0 Å². The summed E-state index contributed by atoms with van der Waals surface area (Å²) in [6.45, 7) is 10.6. The summed E-state index contributed by atoms with van der Waals surface area (Å²) in [6, 6.07) is 6.89. The van der Waals surface area contributed by atoms with Crippen molar-refractivity contribution in [2.24, 2.45) is 5.73 Å². The third kappa shape index (κ3) is 3.39. The lowest BCUT2D eigenvalue weighted by Crippen LogP contribution is -2.60. The van der Waals surface area contributed by atoms with E-state index in [1.54, 1.807) is 6.07 Å². The van der Waals surface area contributed by atoms with Crippen molar-refractivity contribution in [3.8, 4) is 0 Å². The largest absolute Gasteiger partial charge is 0.326 e. The topological polar surface area (TPSA) is 29.3 Å². The molecule has 0 aliphatic heterocycles. The molecule has 0 saturated carbocycles. The van der Waals surface area contributed by atoms with Crippen molar-refractivity contribution < 1.29 is 4.39 Å². The van der Waals surface area contributed by atoms with Gasteiger partial charge >= 0.3 is 0 Å². The van der Waals surface area contributed by atoms with Gasteiger partial charge in [0.1, 0.15) is 5.82 Å². The minimum atomic E-state index is -0.149. The Balaban J connectivity index is 3.00. The van der Waals surface area contributed by atoms with Gasteiger partial charge in [-0.25, -0.2) is 4.39 Å². The molecule has 0 heterocycles. The van der Waals surface area contributed by atoms with Crippen molar-refractivity contribution >= 4 is 0 Å². The Morgan fingerprint density at radius 3 is 2.10 bits per heavy atom. The van der Waals surface area contributed by atoms with Gasteiger partial charge in [0.25, 0.3) is 0 Å². The Hall–Kier alpha value is -0.930. The number of nitrogens with zero attached hydrogens (tertiary/aromatic N) is 1. The standard InChI is InChI=1S/C17H29FN2/c1-5-17(6-2,20(7-3)8-4)16(19)13-14-11-9-10-12-15(14)18/h9-12,16H,5-8,13,19H2,1-4H3. The van der Waals surface area contributed by atoms with Crippen LogP contribution in [0.5, 0.6) is 0 Å². The van der Waals surface area contributed by atoms with Crippen LogP contribution in [-0.2, 0) is 6.42 Å². The summed E-state index contributed by atoms with van der Waals surface area (Å²) >= 11 is 0. The highest BCUT2D eigenvalue weighted by Gasteiger charge is 2.37. The number of nitrogens with two attached hydrogens (primary N) is 1. The van der Waals surface area contributed by atoms with E-state index in [9.17, 15) is 4.39 Å². The fraction of sp³-hybridized carbons (Fsp3) is 0.647. The highest BCUT2D eigenvalue weighted by atomic mass is 19.1. The molecule has 0 aliphatic carbocycles. The first-order valence-corrected chi connectivity index (χ1v) is 7.79. The SMILES string of the molecule is CCN(CC)C(CC)(CC)C(N)Cc1ccccc1F. The van der Waals surface area contributed by atoms with Gasteiger partial charge < -0.3 is 5.73 Å². The number of hydrogen-bond donors (Lipinski definition) is 1. The first-order valence-electron chi connectivity index (χ1n) is 7.79. The van der Waals surface area contributed by atoms with E-state index in [0.717, 1.165) is 31.5 Å². The second-order valence-electron chi connectivity index (χ2n) is 5.38. The smallest absolute Gasteiger partial charge is 0.126 e. The number of likely N-dealkylation sites (N-methyl/N-ethyl adjacent to an activating group) is 1. The Bertz CT molecular complexity index is 398. The molecule has 1 unspecified atom stereocenters. The summed E-state index contributed by atoms with van der Waals surface area (Å²) in [4.78, 5) is 2.43. The van der Waals surface area contributed by atoms with Crippen molar-refractivity contribution in [3.05, 3.63) is 35.6 Å². The zero-order chi connectivity index (χ0) is 15.2. The van der Waals surface area contributed by atoms with Gasteiger partial charge in [-0.1, -0.05) is 45.9 Å². The molecule has 0 fully saturated rings. The molecule has 114 valence electrons. The summed E-state index contributed by atoms with van der Waals surface area (Å²) in [5.41, 5.74) is 7.19. The van der Waals surface area contributed by atoms with E-state index in [-0.39, 0.29) is 17.4 Å². The highest BCUT2D eigenvalue weighted by molar-refractivity contribution is 5.20. The van der Waals surface area contributed by atoms with Gasteiger partial charge in [0.2, 0.25) is 0 Å². The second-order valence-corrected chi connectivity index (χ2v) is 5.38. The number of hydrogen-bond acceptors (Lipinski definition) is 2. The van der Waals surface area contributed by atoms with E-state index < -0.39 is 0 Å². The van der Waals surface area contributed by atoms with Gasteiger partial charge in [-0.05, 0) is 44.0 Å². The van der Waals surface area contributed by atoms with Crippen molar-refractivity contribution in [1.82, 2.24) is 4.90 Å². The number of benzene rings is 1. The average Bonchev–Trinajstić information content (AvgIpc) is 2.47. The number of halogens is 1. The van der Waals surface area contributed by atoms with Gasteiger partial charge in [-0.15, -0.1) is 0 Å². The number of rotatable bonds is 8. The maximum atomic E-state index is 13.8. The fourth-order valence-electron chi connectivity index (χ4n) is 3.40. The monoisotopic (exact) mass is 280 g/mol. The quantitative estimate of drug-likeness (QED) is 0.788. The molecule has 1 aromatic carbocycles. The molecule has 0 aromatic heterocycles. The van der Waals surface area contributed by atoms with E-state index >= 15 is 0 Å². The zero-order valence-corrected chi connectivity index (χ0v) is 13.3. The first-order chi connectivity index (χ1) is 9.55. The molecule has 2 nitrogen and oxygen atoms in total. The third-order valence-electron chi connectivity index (χ3n) is 4.71. The predicted octanol–water partition coefficient (Wildman–Crippen LogP) is 3.60. The fourth-order valence-corrected chi connectivity index (χ4v) is 3.40. The van der Waals surface area contributed by atoms with Crippen LogP contribution >= 0.6 is 0 Å². The van der Waals surface area contributed by atoms with Crippen LogP contribution in [0.3, 0.4) is 0 Å². The molecule has 0 spiro atoms. The van der Waals surface area contributed by atoms with Crippen LogP contribution in [0.25, 0.3) is 0 Å². The van der Waals surface area contributed by atoms with Crippen molar-refractivity contribution in [2.45, 2.75) is 58.5 Å². The Labute approximate surface area is 123 Å². The van der Waals surface area contributed by atoms with Gasteiger partial charge in [0, 0.05) is 11.6 Å². The zero-order valence-electron chi connectivity index (χ0n) is 13.3. The van der Waals surface area contributed by atoms with E-state index in [1.165, 1.54) is 6.07 Å². The van der Waals surface area contributed by atoms with Gasteiger partial charge in [-0.2, -0.15) is 0 Å². The molecule has 1 atom stereocenters. The van der Waals surface area contributed by atoms with E-state index in [0.29, 0.717) is 6.42 Å². The molecule has 0 amide bonds. The van der Waals surface area contributed by atoms with Crippen molar-refractivity contribution in [2.75, 3.05) is 13.1 Å². The van der Waals surface area contributed by atoms with Crippen LogP contribution < -0.4 is 5.73 Å². The van der Waals surface area contributed by atoms with Crippen LogP contribution in [0.1, 0.15) is 46.1 Å². The summed E-state index contributed by atoms with van der Waals surface area (Å²) in [5.74, 6) is -0.149. The molecule has 1 aromatic rings. The molecule has 2 N–H and O–H groups in total. The summed E-state index contributed by atoms with van der Waals surface area (Å²) in [7, 11) is 0. The lowest BCUT2D eigenvalue weighted by atomic mass is 9.80. The van der Waals surface area contributed by atoms with Gasteiger partial charge in [-0.3, -0.25) is 4.90 Å². The summed E-state index contributed by atoms with van der Waals surface area (Å²) in [5, 5.41) is 0. The lowest BCUT2D eigenvalue weighted by Gasteiger charge is -2.46. The van der Waals surface area contributed by atoms with Gasteiger partial charge in [0.15, 0.2) is 0 Å². The predicted molar refractivity (Wildman–Crippen MR) is 84.3 cm³/mol.